The molecule has 0 saturated carbocycles. The number of nitrogens with zero attached hydrogens (tertiary/aromatic N) is 1. The van der Waals surface area contributed by atoms with Crippen LogP contribution in [0.1, 0.15) is 5.56 Å². The molecule has 1 saturated heterocycles. The van der Waals surface area contributed by atoms with Crippen LogP contribution >= 0.6 is 0 Å². The highest BCUT2D eigenvalue weighted by atomic mass is 32.2. The lowest BCUT2D eigenvalue weighted by Crippen LogP contribution is -2.36. The molecule has 1 aliphatic heterocycles. The average molecular weight is 426 g/mol. The zero-order chi connectivity index (χ0) is 21.2. The summed E-state index contributed by atoms with van der Waals surface area (Å²) in [5.41, 5.74) is 1.02. The summed E-state index contributed by atoms with van der Waals surface area (Å²) in [6.07, 6.45) is -3.49. The van der Waals surface area contributed by atoms with Crippen molar-refractivity contribution < 1.29 is 26.4 Å². The lowest BCUT2D eigenvalue weighted by atomic mass is 9.94. The Morgan fingerprint density at radius 3 is 2.41 bits per heavy atom. The number of benzene rings is 2. The summed E-state index contributed by atoms with van der Waals surface area (Å²) >= 11 is 0. The molecule has 2 aromatic carbocycles. The largest absolute Gasteiger partial charge is 0.393 e. The number of likely N-dealkylation sites (tertiary alicyclic amines) is 1. The molecule has 1 N–H and O–H groups in total. The van der Waals surface area contributed by atoms with Crippen molar-refractivity contribution in [1.82, 2.24) is 4.90 Å². The number of hydrogen-bond acceptors (Lipinski definition) is 4. The minimum absolute atomic E-state index is 0.0141. The van der Waals surface area contributed by atoms with Crippen molar-refractivity contribution in [2.45, 2.75) is 17.6 Å². The van der Waals surface area contributed by atoms with Gasteiger partial charge in [0, 0.05) is 31.6 Å². The highest BCUT2D eigenvalue weighted by Gasteiger charge is 2.52. The van der Waals surface area contributed by atoms with Crippen molar-refractivity contribution >= 4 is 21.4 Å². The maximum atomic E-state index is 13.6. The number of carbonyl (C=O) groups is 1. The van der Waals surface area contributed by atoms with Crippen molar-refractivity contribution in [3.8, 4) is 0 Å². The monoisotopic (exact) mass is 426 g/mol. The van der Waals surface area contributed by atoms with Gasteiger partial charge in [0.15, 0.2) is 9.84 Å². The molecule has 0 aromatic heterocycles. The Morgan fingerprint density at radius 2 is 1.79 bits per heavy atom. The van der Waals surface area contributed by atoms with Crippen LogP contribution in [0.5, 0.6) is 0 Å². The molecular formula is C20H21F3N2O3S. The summed E-state index contributed by atoms with van der Waals surface area (Å²) in [7, 11) is -3.50. The van der Waals surface area contributed by atoms with Crippen LogP contribution in [0.2, 0.25) is 0 Å². The highest BCUT2D eigenvalue weighted by molar-refractivity contribution is 7.90. The maximum Gasteiger partial charge on any atom is 0.393 e. The molecule has 5 nitrogen and oxygen atoms in total. The van der Waals surface area contributed by atoms with Crippen molar-refractivity contribution in [1.29, 1.82) is 0 Å². The molecule has 1 amide bonds. The van der Waals surface area contributed by atoms with Crippen LogP contribution in [0.4, 0.5) is 18.9 Å². The molecule has 0 bridgehead atoms. The molecule has 29 heavy (non-hydrogen) atoms. The number of alkyl halides is 3. The normalized spacial score (nSPS) is 20.6. The maximum absolute atomic E-state index is 13.6. The van der Waals surface area contributed by atoms with Crippen molar-refractivity contribution in [3.05, 3.63) is 60.2 Å². The van der Waals surface area contributed by atoms with Crippen LogP contribution in [0.15, 0.2) is 59.5 Å². The Morgan fingerprint density at radius 1 is 1.10 bits per heavy atom. The molecule has 2 aromatic rings. The van der Waals surface area contributed by atoms with E-state index in [1.807, 2.05) is 30.3 Å². The molecule has 2 atom stereocenters. The number of halogens is 3. The summed E-state index contributed by atoms with van der Waals surface area (Å²) in [6, 6.07) is 14.6. The van der Waals surface area contributed by atoms with Crippen molar-refractivity contribution in [3.63, 3.8) is 0 Å². The summed E-state index contributed by atoms with van der Waals surface area (Å²) in [5.74, 6) is -3.83. The molecule has 2 unspecified atom stereocenters. The van der Waals surface area contributed by atoms with E-state index in [0.717, 1.165) is 11.8 Å². The number of carbonyl (C=O) groups excluding carboxylic acids is 1. The molecular weight excluding hydrogens is 405 g/mol. The lowest BCUT2D eigenvalue weighted by Gasteiger charge is -2.20. The Hall–Kier alpha value is -2.39. The molecule has 156 valence electrons. The second-order valence-electron chi connectivity index (χ2n) is 7.22. The number of amides is 1. The number of hydrogen-bond donors (Lipinski definition) is 1. The van der Waals surface area contributed by atoms with Gasteiger partial charge in [0.25, 0.3) is 0 Å². The molecule has 1 fully saturated rings. The topological polar surface area (TPSA) is 66.5 Å². The van der Waals surface area contributed by atoms with Crippen LogP contribution in [-0.4, -0.2) is 44.7 Å². The molecule has 1 aliphatic rings. The molecule has 9 heteroatoms. The van der Waals surface area contributed by atoms with Crippen molar-refractivity contribution in [2.75, 3.05) is 24.7 Å². The van der Waals surface area contributed by atoms with Gasteiger partial charge in [-0.05, 0) is 23.8 Å². The fourth-order valence-corrected chi connectivity index (χ4v) is 4.16. The summed E-state index contributed by atoms with van der Waals surface area (Å²) in [4.78, 5) is 14.2. The van der Waals surface area contributed by atoms with E-state index in [9.17, 15) is 26.4 Å². The summed E-state index contributed by atoms with van der Waals surface area (Å²) in [5, 5.41) is 2.45. The molecule has 0 radical (unpaired) electrons. The summed E-state index contributed by atoms with van der Waals surface area (Å²) < 4.78 is 64.0. The second kappa shape index (κ2) is 8.16. The first kappa shape index (κ1) is 21.3. The van der Waals surface area contributed by atoms with Gasteiger partial charge >= 0.3 is 6.18 Å². The first-order valence-corrected chi connectivity index (χ1v) is 10.9. The van der Waals surface area contributed by atoms with Crippen LogP contribution in [0, 0.1) is 11.8 Å². The van der Waals surface area contributed by atoms with Gasteiger partial charge in [0.1, 0.15) is 0 Å². The van der Waals surface area contributed by atoms with E-state index in [0.29, 0.717) is 6.54 Å². The second-order valence-corrected chi connectivity index (χ2v) is 9.24. The predicted molar refractivity (Wildman–Crippen MR) is 103 cm³/mol. The zero-order valence-electron chi connectivity index (χ0n) is 15.7. The zero-order valence-corrected chi connectivity index (χ0v) is 16.5. The molecule has 0 aliphatic carbocycles. The van der Waals surface area contributed by atoms with Gasteiger partial charge in [-0.15, -0.1) is 0 Å². The highest BCUT2D eigenvalue weighted by Crippen LogP contribution is 2.38. The quantitative estimate of drug-likeness (QED) is 0.797. The Labute approximate surface area is 167 Å². The third-order valence-corrected chi connectivity index (χ3v) is 6.04. The van der Waals surface area contributed by atoms with Gasteiger partial charge in [0.05, 0.1) is 16.7 Å². The minimum atomic E-state index is -4.51. The van der Waals surface area contributed by atoms with Crippen LogP contribution in [0.3, 0.4) is 0 Å². The van der Waals surface area contributed by atoms with Crippen LogP contribution in [-0.2, 0) is 21.2 Å². The van der Waals surface area contributed by atoms with E-state index in [4.69, 9.17) is 0 Å². The van der Waals surface area contributed by atoms with Gasteiger partial charge in [-0.2, -0.15) is 13.2 Å². The molecule has 1 heterocycles. The fourth-order valence-electron chi connectivity index (χ4n) is 3.49. The minimum Gasteiger partial charge on any atom is -0.326 e. The standard InChI is InChI=1S/C20H21F3N2O3S/c1-29(27,28)16-9-5-8-15(10-16)24-19(26)17-12-25(13-18(17)20(21,22)23)11-14-6-3-2-4-7-14/h2-10,17-18H,11-13H2,1H3,(H,24,26). The third-order valence-electron chi connectivity index (χ3n) is 4.93. The number of sulfone groups is 1. The van der Waals surface area contributed by atoms with E-state index >= 15 is 0 Å². The number of nitrogens with one attached hydrogen (secondary N) is 1. The van der Waals surface area contributed by atoms with Gasteiger partial charge in [-0.25, -0.2) is 8.42 Å². The fraction of sp³-hybridized carbons (Fsp3) is 0.350. The van der Waals surface area contributed by atoms with Crippen LogP contribution < -0.4 is 5.32 Å². The number of anilines is 1. The first-order valence-electron chi connectivity index (χ1n) is 8.98. The summed E-state index contributed by atoms with van der Waals surface area (Å²) in [6.45, 7) is 0.0251. The van der Waals surface area contributed by atoms with Gasteiger partial charge in [-0.3, -0.25) is 9.69 Å². The number of rotatable bonds is 5. The van der Waals surface area contributed by atoms with E-state index in [-0.39, 0.29) is 23.7 Å². The van der Waals surface area contributed by atoms with E-state index in [1.54, 1.807) is 4.90 Å². The van der Waals surface area contributed by atoms with Crippen LogP contribution in [0.25, 0.3) is 0 Å². The van der Waals surface area contributed by atoms with E-state index < -0.39 is 33.8 Å². The third kappa shape index (κ3) is 5.36. The average Bonchev–Trinajstić information content (AvgIpc) is 3.06. The lowest BCUT2D eigenvalue weighted by molar-refractivity contribution is -0.182. The van der Waals surface area contributed by atoms with Crippen molar-refractivity contribution in [2.24, 2.45) is 11.8 Å². The van der Waals surface area contributed by atoms with Gasteiger partial charge in [-0.1, -0.05) is 36.4 Å². The first-order chi connectivity index (χ1) is 13.5. The smallest absolute Gasteiger partial charge is 0.326 e. The Kier molecular flexibility index (Phi) is 6.00. The molecule has 0 spiro atoms. The molecule has 3 rings (SSSR count). The van der Waals surface area contributed by atoms with E-state index in [1.165, 1.54) is 24.3 Å². The predicted octanol–water partition coefficient (Wildman–Crippen LogP) is 3.34. The Bertz CT molecular complexity index is 978. The SMILES string of the molecule is CS(=O)(=O)c1cccc(NC(=O)C2CN(Cc3ccccc3)CC2C(F)(F)F)c1. The Balaban J connectivity index is 1.77. The van der Waals surface area contributed by atoms with E-state index in [2.05, 4.69) is 5.32 Å². The van der Waals surface area contributed by atoms with Gasteiger partial charge < -0.3 is 5.32 Å². The van der Waals surface area contributed by atoms with Gasteiger partial charge in [0.2, 0.25) is 5.91 Å².